The maximum atomic E-state index is 6.38. The highest BCUT2D eigenvalue weighted by Gasteiger charge is 2.25. The highest BCUT2D eigenvalue weighted by molar-refractivity contribution is 7.26. The van der Waals surface area contributed by atoms with Crippen molar-refractivity contribution in [1.82, 2.24) is 89.7 Å². The summed E-state index contributed by atoms with van der Waals surface area (Å²) in [5, 5.41) is 6.55. The van der Waals surface area contributed by atoms with Crippen LogP contribution in [-0.4, -0.2) is 89.7 Å². The minimum atomic E-state index is 0.525. The van der Waals surface area contributed by atoms with Gasteiger partial charge >= 0.3 is 0 Å². The van der Waals surface area contributed by atoms with Gasteiger partial charge in [0.05, 0.1) is 5.56 Å². The van der Waals surface area contributed by atoms with E-state index in [2.05, 4.69) is 66.7 Å². The summed E-state index contributed by atoms with van der Waals surface area (Å²) in [5.74, 6) is 10.4. The molecule has 21 heteroatoms. The Kier molecular flexibility index (Phi) is 23.7. The number of hydrogen-bond donors (Lipinski definition) is 0. The molecule has 0 fully saturated rings. The quantitative estimate of drug-likeness (QED) is 0.0773. The third-order valence-electron chi connectivity index (χ3n) is 25.2. The van der Waals surface area contributed by atoms with E-state index in [4.69, 9.17) is 98.5 Å². The molecule has 690 valence electrons. The Morgan fingerprint density at radius 1 is 0.129 bits per heavy atom. The predicted molar refractivity (Wildman–Crippen MR) is 585 cm³/mol. The van der Waals surface area contributed by atoms with Crippen LogP contribution in [-0.2, 0) is 0 Å². The first-order chi connectivity index (χ1) is 72.8. The molecule has 0 spiro atoms. The monoisotopic (exact) mass is 1910 g/mol. The second kappa shape index (κ2) is 39.5. The molecule has 0 saturated carbocycles. The summed E-state index contributed by atoms with van der Waals surface area (Å²) in [7, 11) is 0. The molecular weight excluding hydrogens is 1830 g/mol. The highest BCUT2D eigenvalue weighted by Crippen LogP contribution is 2.43. The zero-order valence-corrected chi connectivity index (χ0v) is 79.1. The Balaban J connectivity index is 0.000000115. The summed E-state index contributed by atoms with van der Waals surface area (Å²) in [6, 6.07) is 157. The molecule has 9 aromatic heterocycles. The van der Waals surface area contributed by atoms with Crippen LogP contribution in [0.1, 0.15) is 0 Å². The third kappa shape index (κ3) is 18.4. The van der Waals surface area contributed by atoms with Crippen LogP contribution in [0.5, 0.6) is 0 Å². The smallest absolute Gasteiger partial charge is 0.167 e. The Bertz CT molecular complexity index is 9000. The van der Waals surface area contributed by atoms with Crippen molar-refractivity contribution in [2.45, 2.75) is 0 Å². The minimum Gasteiger partial charge on any atom is -0.456 e. The molecule has 0 aliphatic carbocycles. The number of aromatic nitrogens is 18. The van der Waals surface area contributed by atoms with Crippen LogP contribution in [0.3, 0.4) is 0 Å². The van der Waals surface area contributed by atoms with Gasteiger partial charge in [-0.25, -0.2) is 89.7 Å². The standard InChI is InChI=1S/2C42H26N6O.C42H26N6S/c1-4-14-27(15-5-1)37-43-38(28-16-6-2-7-17-28)45-40(44-37)30-20-12-21-31(26-30)41-46-39(29-18-8-3-9-19-29)47-42(48-41)34-24-13-23-33-32-22-10-11-25-35(32)49-36(33)34;1-4-13-27(14-5-1)37-43-38(28-15-6-2-7-16-28)45-40(44-37)30-19-12-20-31(25-30)41-46-39(29-17-8-3-9-18-29)47-42(48-41)32-23-24-36-34(26-32)33-21-10-11-22-35(33)49-36;1-4-14-27(15-5-1)37-43-38(28-16-6-2-7-17-28)45-40(44-37)30-20-12-21-31(26-30)41-46-39(29-18-8-3-9-19-29)47-42(48-41)34-24-13-23-33-32-22-10-11-25-35(32)49-36(33)34/h3*1-26H. The van der Waals surface area contributed by atoms with Crippen molar-refractivity contribution in [2.24, 2.45) is 0 Å². The number of nitrogens with zero attached hydrogens (tertiary/aromatic N) is 18. The summed E-state index contributed by atoms with van der Waals surface area (Å²) in [5.41, 5.74) is 19.0. The van der Waals surface area contributed by atoms with Gasteiger partial charge in [0.25, 0.3) is 0 Å². The molecule has 147 heavy (non-hydrogen) atoms. The van der Waals surface area contributed by atoms with Gasteiger partial charge in [-0.1, -0.05) is 406 Å². The van der Waals surface area contributed by atoms with Crippen LogP contribution in [0.4, 0.5) is 0 Å². The Morgan fingerprint density at radius 2 is 0.340 bits per heavy atom. The van der Waals surface area contributed by atoms with E-state index < -0.39 is 0 Å². The lowest BCUT2D eigenvalue weighted by Crippen LogP contribution is -2.02. The maximum absolute atomic E-state index is 6.38. The van der Waals surface area contributed by atoms with E-state index in [-0.39, 0.29) is 0 Å². The number of furan rings is 2. The molecule has 0 radical (unpaired) electrons. The summed E-state index contributed by atoms with van der Waals surface area (Å²) in [6.07, 6.45) is 0. The highest BCUT2D eigenvalue weighted by atomic mass is 32.1. The SMILES string of the molecule is c1ccc(-c2nc(-c3ccccc3)nc(-c3cccc(-c4nc(-c5ccccc5)nc(-c5ccc6oc7ccccc7c6c5)n4)c3)n2)cc1.c1ccc(-c2nc(-c3ccccc3)nc(-c3cccc(-c4nc(-c5ccccc5)nc(-c5cccc6c5oc5ccccc56)n4)c3)n2)cc1.c1ccc(-c2nc(-c3ccccc3)nc(-c3cccc(-c4nc(-c5ccccc5)nc(-c5cccc6c5sc5ccccc56)n4)c3)n2)cc1. The molecule has 0 aliphatic rings. The minimum absolute atomic E-state index is 0.525. The van der Waals surface area contributed by atoms with Crippen LogP contribution in [0.15, 0.2) is 482 Å². The van der Waals surface area contributed by atoms with Gasteiger partial charge in [0.15, 0.2) is 105 Å². The fourth-order valence-electron chi connectivity index (χ4n) is 18.0. The number of hydrogen-bond acceptors (Lipinski definition) is 21. The average Bonchev–Trinajstić information content (AvgIpc) is 1.63. The van der Waals surface area contributed by atoms with Crippen molar-refractivity contribution < 1.29 is 8.83 Å². The van der Waals surface area contributed by atoms with Gasteiger partial charge < -0.3 is 8.83 Å². The average molecular weight is 1910 g/mol. The Hall–Kier alpha value is -20.2. The molecule has 0 bridgehead atoms. The summed E-state index contributed by atoms with van der Waals surface area (Å²) < 4.78 is 14.9. The first kappa shape index (κ1) is 88.3. The van der Waals surface area contributed by atoms with E-state index in [1.165, 1.54) is 15.5 Å². The van der Waals surface area contributed by atoms with Gasteiger partial charge in [0.2, 0.25) is 0 Å². The van der Waals surface area contributed by atoms with Gasteiger partial charge in [-0.3, -0.25) is 0 Å². The number of benzene rings is 18. The zero-order valence-electron chi connectivity index (χ0n) is 78.3. The molecule has 27 rings (SSSR count). The summed E-state index contributed by atoms with van der Waals surface area (Å²) >= 11 is 1.76. The van der Waals surface area contributed by atoms with Gasteiger partial charge in [-0.2, -0.15) is 0 Å². The van der Waals surface area contributed by atoms with Crippen molar-refractivity contribution in [3.63, 3.8) is 0 Å². The Morgan fingerprint density at radius 3 is 0.660 bits per heavy atom. The number of para-hydroxylation sites is 3. The van der Waals surface area contributed by atoms with Crippen LogP contribution in [0.25, 0.3) is 269 Å². The second-order valence-electron chi connectivity index (χ2n) is 34.7. The lowest BCUT2D eigenvalue weighted by Gasteiger charge is -2.11. The zero-order chi connectivity index (χ0) is 97.7. The van der Waals surface area contributed by atoms with Crippen LogP contribution >= 0.6 is 11.3 Å². The fourth-order valence-corrected chi connectivity index (χ4v) is 19.2. The first-order valence-corrected chi connectivity index (χ1v) is 48.7. The molecule has 0 unspecified atom stereocenters. The lowest BCUT2D eigenvalue weighted by molar-refractivity contribution is 0.669. The van der Waals surface area contributed by atoms with E-state index in [1.807, 2.05) is 406 Å². The molecule has 0 amide bonds. The predicted octanol–water partition coefficient (Wildman–Crippen LogP) is 30.3. The van der Waals surface area contributed by atoms with Gasteiger partial charge in [-0.15, -0.1) is 11.3 Å². The van der Waals surface area contributed by atoms with Crippen LogP contribution in [0, 0.1) is 0 Å². The van der Waals surface area contributed by atoms with Crippen LogP contribution < -0.4 is 0 Å². The van der Waals surface area contributed by atoms with Crippen molar-refractivity contribution in [3.05, 3.63) is 473 Å². The molecule has 0 saturated heterocycles. The number of rotatable bonds is 18. The van der Waals surface area contributed by atoms with Crippen LogP contribution in [0.2, 0.25) is 0 Å². The fraction of sp³-hybridized carbons (Fsp3) is 0. The summed E-state index contributed by atoms with van der Waals surface area (Å²) in [4.78, 5) is 89.3. The largest absolute Gasteiger partial charge is 0.456 e. The van der Waals surface area contributed by atoms with Gasteiger partial charge in [0, 0.05) is 136 Å². The topological polar surface area (TPSA) is 258 Å². The van der Waals surface area contributed by atoms with E-state index in [1.54, 1.807) is 11.3 Å². The molecule has 0 atom stereocenters. The van der Waals surface area contributed by atoms with Crippen molar-refractivity contribution in [2.75, 3.05) is 0 Å². The molecule has 18 aromatic carbocycles. The molecular formula is C126H78N18O2S. The van der Waals surface area contributed by atoms with Gasteiger partial charge in [-0.05, 0) is 66.7 Å². The Labute approximate surface area is 846 Å². The second-order valence-corrected chi connectivity index (χ2v) is 35.8. The molecule has 0 N–H and O–H groups in total. The number of fused-ring (bicyclic) bond motifs is 9. The molecule has 27 aromatic rings. The number of thiophene rings is 1. The first-order valence-electron chi connectivity index (χ1n) is 47.9. The van der Waals surface area contributed by atoms with E-state index >= 15 is 0 Å². The van der Waals surface area contributed by atoms with Crippen molar-refractivity contribution in [3.8, 4) is 205 Å². The van der Waals surface area contributed by atoms with E-state index in [0.717, 1.165) is 149 Å². The van der Waals surface area contributed by atoms with Crippen molar-refractivity contribution in [1.29, 1.82) is 0 Å². The van der Waals surface area contributed by atoms with E-state index in [0.29, 0.717) is 105 Å². The maximum Gasteiger partial charge on any atom is 0.167 e. The molecule has 20 nitrogen and oxygen atoms in total. The summed E-state index contributed by atoms with van der Waals surface area (Å²) in [6.45, 7) is 0. The van der Waals surface area contributed by atoms with Gasteiger partial charge in [0.1, 0.15) is 22.3 Å². The lowest BCUT2D eigenvalue weighted by atomic mass is 10.1. The third-order valence-corrected chi connectivity index (χ3v) is 26.4. The van der Waals surface area contributed by atoms with E-state index in [9.17, 15) is 0 Å². The molecule has 0 aliphatic heterocycles. The normalized spacial score (nSPS) is 11.3. The molecule has 9 heterocycles. The van der Waals surface area contributed by atoms with Crippen molar-refractivity contribution >= 4 is 75.4 Å².